The molecule has 0 saturated carbocycles. The molecule has 3 rings (SSSR count). The lowest BCUT2D eigenvalue weighted by Crippen LogP contribution is -2.40. The Balaban J connectivity index is 1.64. The van der Waals surface area contributed by atoms with E-state index in [1.807, 2.05) is 60.7 Å². The van der Waals surface area contributed by atoms with Crippen molar-refractivity contribution in [1.82, 2.24) is 4.90 Å². The van der Waals surface area contributed by atoms with Crippen molar-refractivity contribution >= 4 is 6.09 Å². The van der Waals surface area contributed by atoms with Gasteiger partial charge in [0.05, 0.1) is 6.10 Å². The Hall–Kier alpha value is -2.37. The molecule has 0 radical (unpaired) electrons. The van der Waals surface area contributed by atoms with Crippen LogP contribution >= 0.6 is 0 Å². The van der Waals surface area contributed by atoms with E-state index in [4.69, 9.17) is 9.47 Å². The summed E-state index contributed by atoms with van der Waals surface area (Å²) in [6.45, 7) is 0.721. The van der Waals surface area contributed by atoms with Crippen LogP contribution in [0.25, 0.3) is 0 Å². The van der Waals surface area contributed by atoms with Gasteiger partial charge in [-0.3, -0.25) is 4.90 Å². The summed E-state index contributed by atoms with van der Waals surface area (Å²) in [6.07, 6.45) is -0.940. The largest absolute Gasteiger partial charge is 0.444 e. The Morgan fingerprint density at radius 3 is 2.44 bits per heavy atom. The van der Waals surface area contributed by atoms with Crippen molar-refractivity contribution in [3.8, 4) is 0 Å². The van der Waals surface area contributed by atoms with Crippen LogP contribution in [-0.2, 0) is 16.1 Å². The zero-order chi connectivity index (χ0) is 17.6. The molecule has 3 unspecified atom stereocenters. The van der Waals surface area contributed by atoms with Crippen molar-refractivity contribution in [2.24, 2.45) is 5.92 Å². The topological polar surface area (TPSA) is 59.0 Å². The van der Waals surface area contributed by atoms with Crippen LogP contribution in [-0.4, -0.2) is 36.0 Å². The van der Waals surface area contributed by atoms with E-state index < -0.39 is 18.4 Å². The highest BCUT2D eigenvalue weighted by Gasteiger charge is 2.42. The number of hydrogen-bond acceptors (Lipinski definition) is 4. The van der Waals surface area contributed by atoms with Crippen LogP contribution < -0.4 is 0 Å². The van der Waals surface area contributed by atoms with Gasteiger partial charge in [0.15, 0.2) is 0 Å². The molecule has 1 aliphatic heterocycles. The molecule has 0 aromatic heterocycles. The molecule has 1 N–H and O–H groups in total. The monoisotopic (exact) mass is 341 g/mol. The van der Waals surface area contributed by atoms with Crippen LogP contribution in [0.5, 0.6) is 0 Å². The summed E-state index contributed by atoms with van der Waals surface area (Å²) in [5.74, 6) is -0.184. The molecular weight excluding hydrogens is 318 g/mol. The summed E-state index contributed by atoms with van der Waals surface area (Å²) in [6, 6.07) is 19.0. The molecule has 1 aliphatic rings. The summed E-state index contributed by atoms with van der Waals surface area (Å²) >= 11 is 0. The number of nitrogens with zero attached hydrogens (tertiary/aromatic N) is 1. The minimum absolute atomic E-state index is 0.184. The fraction of sp³-hybridized carbons (Fsp3) is 0.350. The highest BCUT2D eigenvalue weighted by molar-refractivity contribution is 5.68. The number of methoxy groups -OCH3 is 1. The smallest absolute Gasteiger partial charge is 0.412 e. The molecule has 25 heavy (non-hydrogen) atoms. The lowest BCUT2D eigenvalue weighted by molar-refractivity contribution is -0.0605. The maximum Gasteiger partial charge on any atom is 0.412 e. The number of ether oxygens (including phenoxy) is 2. The lowest BCUT2D eigenvalue weighted by Gasteiger charge is -2.28. The molecule has 1 fully saturated rings. The number of aliphatic hydroxyl groups excluding tert-OH is 1. The predicted octanol–water partition coefficient (Wildman–Crippen LogP) is 3.35. The first kappa shape index (κ1) is 17.5. The first-order chi connectivity index (χ1) is 12.2. The predicted molar refractivity (Wildman–Crippen MR) is 93.6 cm³/mol. The number of likely N-dealkylation sites (tertiary alicyclic amines) is 1. The van der Waals surface area contributed by atoms with Crippen LogP contribution in [0.3, 0.4) is 0 Å². The fourth-order valence-corrected chi connectivity index (χ4v) is 3.30. The van der Waals surface area contributed by atoms with E-state index in [-0.39, 0.29) is 12.5 Å². The number of rotatable bonds is 5. The standard InChI is InChI=1S/C20H23NO4/c1-24-19-17(18(22)16-10-6-3-7-11-16)12-13-21(19)20(23)25-14-15-8-4-2-5-9-15/h2-11,17-19,22H,12-14H2,1H3. The van der Waals surface area contributed by atoms with Crippen molar-refractivity contribution in [3.63, 3.8) is 0 Å². The third-order valence-corrected chi connectivity index (χ3v) is 4.60. The van der Waals surface area contributed by atoms with Gasteiger partial charge < -0.3 is 14.6 Å². The highest BCUT2D eigenvalue weighted by Crippen LogP contribution is 2.35. The van der Waals surface area contributed by atoms with E-state index in [0.717, 1.165) is 11.1 Å². The third-order valence-electron chi connectivity index (χ3n) is 4.60. The summed E-state index contributed by atoms with van der Waals surface area (Å²) < 4.78 is 10.9. The molecule has 1 saturated heterocycles. The van der Waals surface area contributed by atoms with Crippen molar-refractivity contribution in [1.29, 1.82) is 0 Å². The molecule has 0 aliphatic carbocycles. The maximum absolute atomic E-state index is 12.4. The Morgan fingerprint density at radius 1 is 1.16 bits per heavy atom. The van der Waals surface area contributed by atoms with Crippen LogP contribution in [0.4, 0.5) is 4.79 Å². The van der Waals surface area contributed by atoms with Gasteiger partial charge >= 0.3 is 6.09 Å². The number of amides is 1. The van der Waals surface area contributed by atoms with Gasteiger partial charge in [-0.15, -0.1) is 0 Å². The molecule has 5 heteroatoms. The van der Waals surface area contributed by atoms with Crippen LogP contribution in [0.1, 0.15) is 23.7 Å². The average molecular weight is 341 g/mol. The van der Waals surface area contributed by atoms with Crippen LogP contribution in [0, 0.1) is 5.92 Å². The molecule has 1 heterocycles. The van der Waals surface area contributed by atoms with Crippen molar-refractivity contribution in [3.05, 3.63) is 71.8 Å². The molecule has 132 valence electrons. The molecule has 5 nitrogen and oxygen atoms in total. The van der Waals surface area contributed by atoms with E-state index in [2.05, 4.69) is 0 Å². The molecule has 3 atom stereocenters. The zero-order valence-electron chi connectivity index (χ0n) is 14.2. The minimum Gasteiger partial charge on any atom is -0.444 e. The Kier molecular flexibility index (Phi) is 5.68. The van der Waals surface area contributed by atoms with Gasteiger partial charge in [0.1, 0.15) is 12.8 Å². The van der Waals surface area contributed by atoms with Gasteiger partial charge in [0.2, 0.25) is 0 Å². The van der Waals surface area contributed by atoms with Crippen molar-refractivity contribution in [2.75, 3.05) is 13.7 Å². The van der Waals surface area contributed by atoms with Crippen molar-refractivity contribution < 1.29 is 19.4 Å². The molecule has 0 spiro atoms. The van der Waals surface area contributed by atoms with E-state index in [0.29, 0.717) is 13.0 Å². The average Bonchev–Trinajstić information content (AvgIpc) is 3.11. The summed E-state index contributed by atoms with van der Waals surface area (Å²) in [7, 11) is 1.55. The first-order valence-electron chi connectivity index (χ1n) is 8.44. The normalized spacial score (nSPS) is 21.1. The molecule has 2 aromatic rings. The van der Waals surface area contributed by atoms with Gasteiger partial charge in [-0.25, -0.2) is 4.79 Å². The van der Waals surface area contributed by atoms with Gasteiger partial charge in [-0.05, 0) is 17.5 Å². The molecule has 2 aromatic carbocycles. The summed E-state index contributed by atoms with van der Waals surface area (Å²) in [5, 5.41) is 10.7. The maximum atomic E-state index is 12.4. The van der Waals surface area contributed by atoms with Crippen molar-refractivity contribution in [2.45, 2.75) is 25.4 Å². The van der Waals surface area contributed by atoms with E-state index >= 15 is 0 Å². The second-order valence-corrected chi connectivity index (χ2v) is 6.17. The zero-order valence-corrected chi connectivity index (χ0v) is 14.2. The second kappa shape index (κ2) is 8.14. The fourth-order valence-electron chi connectivity index (χ4n) is 3.30. The van der Waals surface area contributed by atoms with E-state index in [9.17, 15) is 9.90 Å². The SMILES string of the molecule is COC1C(C(O)c2ccccc2)CCN1C(=O)OCc1ccccc1. The summed E-state index contributed by atoms with van der Waals surface area (Å²) in [4.78, 5) is 14.0. The third kappa shape index (κ3) is 4.00. The molecule has 0 bridgehead atoms. The number of benzene rings is 2. The molecular formula is C20H23NO4. The Bertz CT molecular complexity index is 677. The van der Waals surface area contributed by atoms with E-state index in [1.165, 1.54) is 0 Å². The van der Waals surface area contributed by atoms with E-state index in [1.54, 1.807) is 12.0 Å². The number of aliphatic hydroxyl groups is 1. The van der Waals surface area contributed by atoms with Crippen LogP contribution in [0.15, 0.2) is 60.7 Å². The summed E-state index contributed by atoms with van der Waals surface area (Å²) in [5.41, 5.74) is 1.76. The Morgan fingerprint density at radius 2 is 1.80 bits per heavy atom. The number of carbonyl (C=O) groups excluding carboxylic acids is 1. The highest BCUT2D eigenvalue weighted by atomic mass is 16.6. The van der Waals surface area contributed by atoms with Gasteiger partial charge in [0, 0.05) is 19.6 Å². The minimum atomic E-state index is -0.682. The number of hydrogen-bond donors (Lipinski definition) is 1. The van der Waals surface area contributed by atoms with Gasteiger partial charge in [0.25, 0.3) is 0 Å². The Labute approximate surface area is 147 Å². The number of carbonyl (C=O) groups is 1. The van der Waals surface area contributed by atoms with Gasteiger partial charge in [-0.2, -0.15) is 0 Å². The van der Waals surface area contributed by atoms with Crippen LogP contribution in [0.2, 0.25) is 0 Å². The van der Waals surface area contributed by atoms with Gasteiger partial charge in [-0.1, -0.05) is 60.7 Å². The molecule has 1 amide bonds. The first-order valence-corrected chi connectivity index (χ1v) is 8.44. The second-order valence-electron chi connectivity index (χ2n) is 6.17. The lowest BCUT2D eigenvalue weighted by atomic mass is 9.94. The quantitative estimate of drug-likeness (QED) is 0.906.